The lowest BCUT2D eigenvalue weighted by Crippen LogP contribution is -2.08. The van der Waals surface area contributed by atoms with Gasteiger partial charge in [0.15, 0.2) is 5.58 Å². The van der Waals surface area contributed by atoms with E-state index in [0.717, 1.165) is 11.2 Å². The first-order valence-corrected chi connectivity index (χ1v) is 5.38. The van der Waals surface area contributed by atoms with Crippen LogP contribution in [-0.4, -0.2) is 10.8 Å². The molecule has 0 atom stereocenters. The van der Waals surface area contributed by atoms with Crippen molar-refractivity contribution in [1.82, 2.24) is 4.57 Å². The van der Waals surface area contributed by atoms with Gasteiger partial charge in [0.1, 0.15) is 0 Å². The molecule has 0 radical (unpaired) electrons. The maximum Gasteiger partial charge on any atom is 0.419 e. The molecule has 82 valence electrons. The van der Waals surface area contributed by atoms with Gasteiger partial charge in [0.2, 0.25) is 0 Å². The summed E-state index contributed by atoms with van der Waals surface area (Å²) in [7, 11) is 1.70. The average molecular weight is 216 g/mol. The first-order chi connectivity index (χ1) is 7.74. The van der Waals surface area contributed by atoms with Crippen LogP contribution in [0, 0.1) is 5.92 Å². The van der Waals surface area contributed by atoms with E-state index < -0.39 is 0 Å². The second-order valence-corrected chi connectivity index (χ2v) is 4.19. The van der Waals surface area contributed by atoms with Gasteiger partial charge in [0.25, 0.3) is 0 Å². The Balaban J connectivity index is 2.06. The Kier molecular flexibility index (Phi) is 1.96. The van der Waals surface area contributed by atoms with Gasteiger partial charge in [0, 0.05) is 13.3 Å². The summed E-state index contributed by atoms with van der Waals surface area (Å²) in [5.41, 5.74) is 2.27. The standard InChI is InChI=1S/C12H12N2O2/c1-14-10-6-9(13-7-8-2-3-8)4-5-11(10)16-12(14)15/h4-8H,2-3H2,1H3. The smallest absolute Gasteiger partial charge is 0.408 e. The Bertz CT molecular complexity index is 617. The van der Waals surface area contributed by atoms with Crippen molar-refractivity contribution in [3.05, 3.63) is 28.7 Å². The highest BCUT2D eigenvalue weighted by Gasteiger charge is 2.18. The molecule has 1 saturated carbocycles. The fourth-order valence-corrected chi connectivity index (χ4v) is 1.63. The number of oxazole rings is 1. The summed E-state index contributed by atoms with van der Waals surface area (Å²) in [5.74, 6) is 0.321. The number of aryl methyl sites for hydroxylation is 1. The summed E-state index contributed by atoms with van der Waals surface area (Å²) < 4.78 is 6.54. The van der Waals surface area contributed by atoms with Crippen LogP contribution in [0.4, 0.5) is 5.69 Å². The molecule has 1 fully saturated rings. The Morgan fingerprint density at radius 1 is 1.50 bits per heavy atom. The number of hydrogen-bond donors (Lipinski definition) is 0. The van der Waals surface area contributed by atoms with E-state index in [2.05, 4.69) is 4.99 Å². The molecule has 16 heavy (non-hydrogen) atoms. The molecule has 1 aliphatic rings. The van der Waals surface area contributed by atoms with Gasteiger partial charge in [-0.15, -0.1) is 0 Å². The van der Waals surface area contributed by atoms with Crippen molar-refractivity contribution in [3.63, 3.8) is 0 Å². The van der Waals surface area contributed by atoms with E-state index in [1.807, 2.05) is 18.3 Å². The molecule has 0 N–H and O–H groups in total. The summed E-state index contributed by atoms with van der Waals surface area (Å²) in [4.78, 5) is 15.7. The SMILES string of the molecule is Cn1c(=O)oc2ccc(N=CC3CC3)cc21. The van der Waals surface area contributed by atoms with E-state index in [4.69, 9.17) is 4.42 Å². The zero-order valence-corrected chi connectivity index (χ0v) is 9.01. The molecule has 2 aromatic rings. The topological polar surface area (TPSA) is 47.5 Å². The third-order valence-electron chi connectivity index (χ3n) is 2.83. The molecule has 0 amide bonds. The highest BCUT2D eigenvalue weighted by molar-refractivity contribution is 5.78. The van der Waals surface area contributed by atoms with Crippen LogP contribution < -0.4 is 5.76 Å². The van der Waals surface area contributed by atoms with Crippen molar-refractivity contribution in [3.8, 4) is 0 Å². The first kappa shape index (κ1) is 9.39. The molecule has 0 spiro atoms. The minimum Gasteiger partial charge on any atom is -0.408 e. The normalized spacial score (nSPS) is 16.3. The van der Waals surface area contributed by atoms with Crippen LogP contribution in [0.2, 0.25) is 0 Å². The fraction of sp³-hybridized carbons (Fsp3) is 0.333. The monoisotopic (exact) mass is 216 g/mol. The fourth-order valence-electron chi connectivity index (χ4n) is 1.63. The Labute approximate surface area is 92.2 Å². The highest BCUT2D eigenvalue weighted by Crippen LogP contribution is 2.28. The maximum atomic E-state index is 11.3. The number of benzene rings is 1. The van der Waals surface area contributed by atoms with E-state index in [1.165, 1.54) is 17.4 Å². The number of aromatic nitrogens is 1. The van der Waals surface area contributed by atoms with Crippen molar-refractivity contribution in [2.75, 3.05) is 0 Å². The first-order valence-electron chi connectivity index (χ1n) is 5.38. The summed E-state index contributed by atoms with van der Waals surface area (Å²) in [6, 6.07) is 5.53. The predicted octanol–water partition coefficient (Wildman–Crippen LogP) is 2.24. The largest absolute Gasteiger partial charge is 0.419 e. The molecule has 3 rings (SSSR count). The molecule has 1 aliphatic carbocycles. The zero-order valence-electron chi connectivity index (χ0n) is 9.01. The minimum atomic E-state index is -0.335. The van der Waals surface area contributed by atoms with Gasteiger partial charge in [-0.25, -0.2) is 4.79 Å². The molecule has 0 bridgehead atoms. The Morgan fingerprint density at radius 3 is 3.06 bits per heavy atom. The van der Waals surface area contributed by atoms with Crippen LogP contribution >= 0.6 is 0 Å². The van der Waals surface area contributed by atoms with Gasteiger partial charge in [-0.1, -0.05) is 0 Å². The van der Waals surface area contributed by atoms with Crippen LogP contribution in [0.25, 0.3) is 11.1 Å². The zero-order chi connectivity index (χ0) is 11.1. The maximum absolute atomic E-state index is 11.3. The van der Waals surface area contributed by atoms with Gasteiger partial charge >= 0.3 is 5.76 Å². The molecule has 0 unspecified atom stereocenters. The molecular weight excluding hydrogens is 204 g/mol. The molecule has 1 heterocycles. The van der Waals surface area contributed by atoms with Crippen LogP contribution in [0.15, 0.2) is 32.4 Å². The predicted molar refractivity (Wildman–Crippen MR) is 62.3 cm³/mol. The summed E-state index contributed by atoms with van der Waals surface area (Å²) in [6.45, 7) is 0. The summed E-state index contributed by atoms with van der Waals surface area (Å²) in [5, 5.41) is 0. The molecule has 1 aromatic carbocycles. The number of hydrogen-bond acceptors (Lipinski definition) is 3. The van der Waals surface area contributed by atoms with Crippen molar-refractivity contribution in [2.24, 2.45) is 18.0 Å². The van der Waals surface area contributed by atoms with Crippen molar-refractivity contribution < 1.29 is 4.42 Å². The number of aliphatic imine (C=N–C) groups is 1. The van der Waals surface area contributed by atoms with E-state index in [9.17, 15) is 4.79 Å². The number of nitrogens with zero attached hydrogens (tertiary/aromatic N) is 2. The van der Waals surface area contributed by atoms with Gasteiger partial charge in [-0.05, 0) is 37.0 Å². The minimum absolute atomic E-state index is 0.335. The molecule has 0 saturated heterocycles. The van der Waals surface area contributed by atoms with Gasteiger partial charge in [0.05, 0.1) is 11.2 Å². The highest BCUT2D eigenvalue weighted by atomic mass is 16.4. The summed E-state index contributed by atoms with van der Waals surface area (Å²) in [6.07, 6.45) is 4.48. The Morgan fingerprint density at radius 2 is 2.31 bits per heavy atom. The Hall–Kier alpha value is -1.84. The van der Waals surface area contributed by atoms with Gasteiger partial charge in [-0.2, -0.15) is 0 Å². The molecule has 0 aliphatic heterocycles. The van der Waals surface area contributed by atoms with Gasteiger partial charge in [-0.3, -0.25) is 9.56 Å². The van der Waals surface area contributed by atoms with Crippen LogP contribution in [-0.2, 0) is 7.05 Å². The molecule has 4 nitrogen and oxygen atoms in total. The lowest BCUT2D eigenvalue weighted by Gasteiger charge is -1.94. The van der Waals surface area contributed by atoms with Gasteiger partial charge < -0.3 is 4.42 Å². The van der Waals surface area contributed by atoms with E-state index >= 15 is 0 Å². The molecule has 4 heteroatoms. The van der Waals surface area contributed by atoms with Crippen LogP contribution in [0.1, 0.15) is 12.8 Å². The molecular formula is C12H12N2O2. The van der Waals surface area contributed by atoms with E-state index in [0.29, 0.717) is 11.5 Å². The van der Waals surface area contributed by atoms with Crippen molar-refractivity contribution >= 4 is 23.0 Å². The average Bonchev–Trinajstić information content (AvgIpc) is 3.06. The van der Waals surface area contributed by atoms with Crippen LogP contribution in [0.5, 0.6) is 0 Å². The number of rotatable bonds is 2. The molecule has 1 aromatic heterocycles. The van der Waals surface area contributed by atoms with Crippen molar-refractivity contribution in [1.29, 1.82) is 0 Å². The third-order valence-corrected chi connectivity index (χ3v) is 2.83. The number of fused-ring (bicyclic) bond motifs is 1. The second kappa shape index (κ2) is 3.33. The quantitative estimate of drug-likeness (QED) is 0.723. The second-order valence-electron chi connectivity index (χ2n) is 4.19. The van der Waals surface area contributed by atoms with E-state index in [-0.39, 0.29) is 5.76 Å². The lowest BCUT2D eigenvalue weighted by atomic mass is 10.3. The summed E-state index contributed by atoms with van der Waals surface area (Å²) >= 11 is 0. The van der Waals surface area contributed by atoms with Crippen molar-refractivity contribution in [2.45, 2.75) is 12.8 Å². The van der Waals surface area contributed by atoms with Crippen LogP contribution in [0.3, 0.4) is 0 Å². The third kappa shape index (κ3) is 1.56. The van der Waals surface area contributed by atoms with E-state index in [1.54, 1.807) is 13.1 Å². The lowest BCUT2D eigenvalue weighted by molar-refractivity contribution is 0.528.